The predicted octanol–water partition coefficient (Wildman–Crippen LogP) is 2.18. The van der Waals surface area contributed by atoms with Crippen LogP contribution in [0.4, 0.5) is 0 Å². The van der Waals surface area contributed by atoms with Crippen molar-refractivity contribution in [3.63, 3.8) is 0 Å². The second kappa shape index (κ2) is 7.05. The van der Waals surface area contributed by atoms with Gasteiger partial charge < -0.3 is 15.1 Å². The van der Waals surface area contributed by atoms with E-state index < -0.39 is 0 Å². The zero-order valence-corrected chi connectivity index (χ0v) is 13.2. The molecule has 0 unspecified atom stereocenters. The SMILES string of the molecule is CCCC1(CN(C)C2CCN(C)CC2)CCNCC1. The van der Waals surface area contributed by atoms with Crippen molar-refractivity contribution < 1.29 is 0 Å². The van der Waals surface area contributed by atoms with E-state index in [1.54, 1.807) is 0 Å². The van der Waals surface area contributed by atoms with Gasteiger partial charge in [0, 0.05) is 12.6 Å². The first-order chi connectivity index (χ1) is 9.15. The minimum Gasteiger partial charge on any atom is -0.317 e. The van der Waals surface area contributed by atoms with Crippen molar-refractivity contribution in [2.75, 3.05) is 46.8 Å². The Hall–Kier alpha value is -0.120. The molecular formula is C16H33N3. The highest BCUT2D eigenvalue weighted by Gasteiger charge is 2.34. The van der Waals surface area contributed by atoms with Gasteiger partial charge >= 0.3 is 0 Å². The lowest BCUT2D eigenvalue weighted by molar-refractivity contribution is 0.0667. The van der Waals surface area contributed by atoms with Gasteiger partial charge in [-0.3, -0.25) is 0 Å². The highest BCUT2D eigenvalue weighted by atomic mass is 15.2. The standard InChI is InChI=1S/C16H33N3/c1-4-7-16(8-10-17-11-9-16)14-19(3)15-5-12-18(2)13-6-15/h15,17H,4-14H2,1-3H3. The molecule has 2 fully saturated rings. The number of hydrogen-bond donors (Lipinski definition) is 1. The predicted molar refractivity (Wildman–Crippen MR) is 82.6 cm³/mol. The first-order valence-electron chi connectivity index (χ1n) is 8.25. The second-order valence-electron chi connectivity index (χ2n) is 6.95. The Morgan fingerprint density at radius 3 is 2.42 bits per heavy atom. The summed E-state index contributed by atoms with van der Waals surface area (Å²) in [5.74, 6) is 0. The average Bonchev–Trinajstić information content (AvgIpc) is 2.40. The van der Waals surface area contributed by atoms with Crippen molar-refractivity contribution >= 4 is 0 Å². The lowest BCUT2D eigenvalue weighted by Crippen LogP contribution is -2.49. The molecule has 0 amide bonds. The molecule has 0 aromatic carbocycles. The molecule has 112 valence electrons. The Bertz CT molecular complexity index is 247. The maximum Gasteiger partial charge on any atom is 0.0117 e. The zero-order valence-electron chi connectivity index (χ0n) is 13.2. The van der Waals surface area contributed by atoms with E-state index in [0.29, 0.717) is 5.41 Å². The summed E-state index contributed by atoms with van der Waals surface area (Å²) in [5.41, 5.74) is 0.595. The van der Waals surface area contributed by atoms with Crippen molar-refractivity contribution in [2.24, 2.45) is 5.41 Å². The number of rotatable bonds is 5. The molecule has 19 heavy (non-hydrogen) atoms. The van der Waals surface area contributed by atoms with Crippen LogP contribution in [-0.4, -0.2) is 62.7 Å². The minimum atomic E-state index is 0.595. The topological polar surface area (TPSA) is 18.5 Å². The van der Waals surface area contributed by atoms with Crippen LogP contribution in [0.3, 0.4) is 0 Å². The van der Waals surface area contributed by atoms with Crippen LogP contribution in [0, 0.1) is 5.41 Å². The fourth-order valence-corrected chi connectivity index (χ4v) is 4.07. The lowest BCUT2D eigenvalue weighted by Gasteiger charge is -2.44. The maximum absolute atomic E-state index is 3.53. The summed E-state index contributed by atoms with van der Waals surface area (Å²) in [5, 5.41) is 3.53. The highest BCUT2D eigenvalue weighted by Crippen LogP contribution is 2.35. The van der Waals surface area contributed by atoms with Crippen LogP contribution in [0.2, 0.25) is 0 Å². The first kappa shape index (κ1) is 15.3. The Morgan fingerprint density at radius 1 is 1.21 bits per heavy atom. The van der Waals surface area contributed by atoms with Gasteiger partial charge in [-0.25, -0.2) is 0 Å². The van der Waals surface area contributed by atoms with Crippen LogP contribution in [0.15, 0.2) is 0 Å². The largest absolute Gasteiger partial charge is 0.317 e. The van der Waals surface area contributed by atoms with E-state index in [1.807, 2.05) is 0 Å². The highest BCUT2D eigenvalue weighted by molar-refractivity contribution is 4.89. The van der Waals surface area contributed by atoms with Gasteiger partial charge in [0.05, 0.1) is 0 Å². The fraction of sp³-hybridized carbons (Fsp3) is 1.00. The lowest BCUT2D eigenvalue weighted by atomic mass is 9.74. The summed E-state index contributed by atoms with van der Waals surface area (Å²) in [6.07, 6.45) is 8.20. The van der Waals surface area contributed by atoms with Crippen LogP contribution in [-0.2, 0) is 0 Å². The van der Waals surface area contributed by atoms with E-state index in [0.717, 1.165) is 6.04 Å². The van der Waals surface area contributed by atoms with Gasteiger partial charge in [0.1, 0.15) is 0 Å². The Labute approximate surface area is 119 Å². The van der Waals surface area contributed by atoms with E-state index in [9.17, 15) is 0 Å². The average molecular weight is 267 g/mol. The minimum absolute atomic E-state index is 0.595. The van der Waals surface area contributed by atoms with E-state index in [4.69, 9.17) is 0 Å². The third-order valence-corrected chi connectivity index (χ3v) is 5.34. The monoisotopic (exact) mass is 267 g/mol. The maximum atomic E-state index is 3.53. The van der Waals surface area contributed by atoms with E-state index >= 15 is 0 Å². The molecule has 3 nitrogen and oxygen atoms in total. The summed E-state index contributed by atoms with van der Waals surface area (Å²) >= 11 is 0. The number of piperidine rings is 2. The van der Waals surface area contributed by atoms with Crippen molar-refractivity contribution in [3.8, 4) is 0 Å². The third-order valence-electron chi connectivity index (χ3n) is 5.34. The van der Waals surface area contributed by atoms with Gasteiger partial charge in [0.2, 0.25) is 0 Å². The molecule has 0 atom stereocenters. The van der Waals surface area contributed by atoms with Gasteiger partial charge in [-0.1, -0.05) is 13.3 Å². The van der Waals surface area contributed by atoms with Crippen LogP contribution in [0.25, 0.3) is 0 Å². The molecule has 0 aromatic heterocycles. The van der Waals surface area contributed by atoms with Crippen molar-refractivity contribution in [3.05, 3.63) is 0 Å². The van der Waals surface area contributed by atoms with Crippen molar-refractivity contribution in [2.45, 2.75) is 51.5 Å². The summed E-state index contributed by atoms with van der Waals surface area (Å²) in [4.78, 5) is 5.16. The third kappa shape index (κ3) is 4.17. The zero-order chi connectivity index (χ0) is 13.7. The molecule has 3 heteroatoms. The number of nitrogens with one attached hydrogen (secondary N) is 1. The van der Waals surface area contributed by atoms with Gasteiger partial charge in [-0.15, -0.1) is 0 Å². The van der Waals surface area contributed by atoms with E-state index in [-0.39, 0.29) is 0 Å². The molecule has 0 bridgehead atoms. The summed E-state index contributed by atoms with van der Waals surface area (Å²) in [6, 6.07) is 0.819. The second-order valence-corrected chi connectivity index (χ2v) is 6.95. The number of likely N-dealkylation sites (tertiary alicyclic amines) is 1. The van der Waals surface area contributed by atoms with Crippen LogP contribution < -0.4 is 5.32 Å². The fourth-order valence-electron chi connectivity index (χ4n) is 4.07. The molecule has 0 spiro atoms. The van der Waals surface area contributed by atoms with Gasteiger partial charge in [-0.2, -0.15) is 0 Å². The smallest absolute Gasteiger partial charge is 0.0117 e. The Balaban J connectivity index is 1.89. The Morgan fingerprint density at radius 2 is 1.84 bits per heavy atom. The Kier molecular flexibility index (Phi) is 5.67. The van der Waals surface area contributed by atoms with Crippen LogP contribution >= 0.6 is 0 Å². The van der Waals surface area contributed by atoms with Crippen molar-refractivity contribution in [1.82, 2.24) is 15.1 Å². The first-order valence-corrected chi connectivity index (χ1v) is 8.25. The molecule has 0 saturated carbocycles. The molecular weight excluding hydrogens is 234 g/mol. The molecule has 2 saturated heterocycles. The van der Waals surface area contributed by atoms with Crippen LogP contribution in [0.5, 0.6) is 0 Å². The normalized spacial score (nSPS) is 25.9. The van der Waals surface area contributed by atoms with Gasteiger partial charge in [0.25, 0.3) is 0 Å². The molecule has 2 aliphatic rings. The van der Waals surface area contributed by atoms with E-state index in [2.05, 4.69) is 36.1 Å². The molecule has 1 N–H and O–H groups in total. The summed E-state index contributed by atoms with van der Waals surface area (Å²) < 4.78 is 0. The molecule has 2 heterocycles. The van der Waals surface area contributed by atoms with Gasteiger partial charge in [0.15, 0.2) is 0 Å². The quantitative estimate of drug-likeness (QED) is 0.824. The summed E-state index contributed by atoms with van der Waals surface area (Å²) in [6.45, 7) is 8.66. The molecule has 0 aliphatic carbocycles. The number of nitrogens with zero attached hydrogens (tertiary/aromatic N) is 2. The molecule has 0 radical (unpaired) electrons. The molecule has 2 aliphatic heterocycles. The van der Waals surface area contributed by atoms with E-state index in [1.165, 1.54) is 71.2 Å². The van der Waals surface area contributed by atoms with Gasteiger partial charge in [-0.05, 0) is 77.8 Å². The molecule has 2 rings (SSSR count). The van der Waals surface area contributed by atoms with Crippen LogP contribution in [0.1, 0.15) is 45.4 Å². The molecule has 0 aromatic rings. The summed E-state index contributed by atoms with van der Waals surface area (Å²) in [7, 11) is 4.62. The van der Waals surface area contributed by atoms with Crippen molar-refractivity contribution in [1.29, 1.82) is 0 Å². The number of hydrogen-bond acceptors (Lipinski definition) is 3.